The van der Waals surface area contributed by atoms with Crippen molar-refractivity contribution < 1.29 is 14.6 Å². The molecule has 0 aliphatic rings. The Labute approximate surface area is 120 Å². The number of amides is 1. The lowest BCUT2D eigenvalue weighted by atomic mass is 10.1. The van der Waals surface area contributed by atoms with Crippen LogP contribution in [0.4, 0.5) is 0 Å². The van der Waals surface area contributed by atoms with Crippen LogP contribution in [0.5, 0.6) is 0 Å². The molecule has 1 unspecified atom stereocenters. The SMILES string of the molecule is COCCN(CCO)CC(=O)NC(C)c1ccccc1. The molecule has 1 aromatic carbocycles. The average Bonchev–Trinajstić information content (AvgIpc) is 2.45. The number of nitrogens with zero attached hydrogens (tertiary/aromatic N) is 1. The van der Waals surface area contributed by atoms with E-state index in [0.717, 1.165) is 5.56 Å². The number of hydrogen-bond donors (Lipinski definition) is 2. The van der Waals surface area contributed by atoms with E-state index in [4.69, 9.17) is 9.84 Å². The maximum Gasteiger partial charge on any atom is 0.234 e. The van der Waals surface area contributed by atoms with Crippen molar-refractivity contribution in [2.45, 2.75) is 13.0 Å². The zero-order valence-corrected chi connectivity index (χ0v) is 12.2. The molecule has 5 nitrogen and oxygen atoms in total. The molecule has 1 atom stereocenters. The van der Waals surface area contributed by atoms with Crippen LogP contribution in [-0.2, 0) is 9.53 Å². The summed E-state index contributed by atoms with van der Waals surface area (Å²) in [6, 6.07) is 9.81. The Bertz CT molecular complexity index is 384. The van der Waals surface area contributed by atoms with E-state index in [2.05, 4.69) is 5.32 Å². The lowest BCUT2D eigenvalue weighted by Gasteiger charge is -2.22. The van der Waals surface area contributed by atoms with Crippen LogP contribution in [0.2, 0.25) is 0 Å². The molecule has 0 bridgehead atoms. The largest absolute Gasteiger partial charge is 0.395 e. The van der Waals surface area contributed by atoms with Gasteiger partial charge in [-0.25, -0.2) is 0 Å². The van der Waals surface area contributed by atoms with Crippen LogP contribution in [0.25, 0.3) is 0 Å². The predicted molar refractivity (Wildman–Crippen MR) is 78.4 cm³/mol. The summed E-state index contributed by atoms with van der Waals surface area (Å²) in [4.78, 5) is 13.9. The molecule has 0 spiro atoms. The van der Waals surface area contributed by atoms with Crippen LogP contribution in [0.3, 0.4) is 0 Å². The zero-order chi connectivity index (χ0) is 14.8. The van der Waals surface area contributed by atoms with Gasteiger partial charge in [-0.2, -0.15) is 0 Å². The van der Waals surface area contributed by atoms with E-state index in [-0.39, 0.29) is 25.1 Å². The van der Waals surface area contributed by atoms with Gasteiger partial charge in [-0.05, 0) is 12.5 Å². The van der Waals surface area contributed by atoms with Gasteiger partial charge >= 0.3 is 0 Å². The second-order valence-corrected chi connectivity index (χ2v) is 4.69. The van der Waals surface area contributed by atoms with E-state index in [9.17, 15) is 4.79 Å². The molecule has 1 aromatic rings. The van der Waals surface area contributed by atoms with Gasteiger partial charge in [-0.1, -0.05) is 30.3 Å². The van der Waals surface area contributed by atoms with Gasteiger partial charge in [0.1, 0.15) is 0 Å². The highest BCUT2D eigenvalue weighted by atomic mass is 16.5. The first kappa shape index (κ1) is 16.6. The van der Waals surface area contributed by atoms with Gasteiger partial charge in [0.2, 0.25) is 5.91 Å². The van der Waals surface area contributed by atoms with Crippen molar-refractivity contribution in [1.29, 1.82) is 0 Å². The second kappa shape index (κ2) is 9.47. The highest BCUT2D eigenvalue weighted by Crippen LogP contribution is 2.10. The number of rotatable bonds is 9. The van der Waals surface area contributed by atoms with Crippen LogP contribution >= 0.6 is 0 Å². The highest BCUT2D eigenvalue weighted by Gasteiger charge is 2.13. The fourth-order valence-corrected chi connectivity index (χ4v) is 1.95. The standard InChI is InChI=1S/C15H24N2O3/c1-13(14-6-4-3-5-7-14)16-15(19)12-17(8-10-18)9-11-20-2/h3-7,13,18H,8-12H2,1-2H3,(H,16,19). The fourth-order valence-electron chi connectivity index (χ4n) is 1.95. The monoisotopic (exact) mass is 280 g/mol. The number of carbonyl (C=O) groups is 1. The van der Waals surface area contributed by atoms with Crippen molar-refractivity contribution in [3.8, 4) is 0 Å². The molecular weight excluding hydrogens is 256 g/mol. The molecular formula is C15H24N2O3. The summed E-state index contributed by atoms with van der Waals surface area (Å²) in [5.41, 5.74) is 1.08. The van der Waals surface area contributed by atoms with Crippen molar-refractivity contribution in [3.05, 3.63) is 35.9 Å². The minimum atomic E-state index is -0.0501. The molecule has 1 rings (SSSR count). The van der Waals surface area contributed by atoms with Crippen molar-refractivity contribution in [2.75, 3.05) is 40.0 Å². The topological polar surface area (TPSA) is 61.8 Å². The summed E-state index contributed by atoms with van der Waals surface area (Å²) in [6.07, 6.45) is 0. The Morgan fingerprint density at radius 1 is 1.35 bits per heavy atom. The first-order valence-electron chi connectivity index (χ1n) is 6.83. The van der Waals surface area contributed by atoms with Gasteiger partial charge in [0.15, 0.2) is 0 Å². The van der Waals surface area contributed by atoms with Crippen LogP contribution in [0.15, 0.2) is 30.3 Å². The molecule has 0 aromatic heterocycles. The molecule has 0 aliphatic carbocycles. The summed E-state index contributed by atoms with van der Waals surface area (Å²) in [5.74, 6) is -0.0501. The van der Waals surface area contributed by atoms with Crippen LogP contribution in [-0.4, -0.2) is 55.9 Å². The molecule has 0 aliphatic heterocycles. The molecule has 112 valence electrons. The summed E-state index contributed by atoms with van der Waals surface area (Å²) >= 11 is 0. The maximum atomic E-state index is 12.0. The lowest BCUT2D eigenvalue weighted by Crippen LogP contribution is -2.40. The molecule has 0 radical (unpaired) electrons. The van der Waals surface area contributed by atoms with Crippen LogP contribution in [0.1, 0.15) is 18.5 Å². The normalized spacial score (nSPS) is 12.4. The number of ether oxygens (including phenoxy) is 1. The highest BCUT2D eigenvalue weighted by molar-refractivity contribution is 5.78. The van der Waals surface area contributed by atoms with E-state index in [0.29, 0.717) is 19.7 Å². The molecule has 1 amide bonds. The van der Waals surface area contributed by atoms with Gasteiger partial charge in [-0.15, -0.1) is 0 Å². The Morgan fingerprint density at radius 3 is 2.65 bits per heavy atom. The average molecular weight is 280 g/mol. The Balaban J connectivity index is 2.44. The minimum absolute atomic E-state index is 0.0258. The lowest BCUT2D eigenvalue weighted by molar-refractivity contribution is -0.123. The number of benzene rings is 1. The Kier molecular flexibility index (Phi) is 7.87. The maximum absolute atomic E-state index is 12.0. The Morgan fingerprint density at radius 2 is 2.05 bits per heavy atom. The number of aliphatic hydroxyl groups excluding tert-OH is 1. The first-order chi connectivity index (χ1) is 9.67. The van der Waals surface area contributed by atoms with Crippen LogP contribution in [0, 0.1) is 0 Å². The molecule has 0 fully saturated rings. The fraction of sp³-hybridized carbons (Fsp3) is 0.533. The van der Waals surface area contributed by atoms with Gasteiger partial charge in [0, 0.05) is 20.2 Å². The first-order valence-corrected chi connectivity index (χ1v) is 6.83. The van der Waals surface area contributed by atoms with Gasteiger partial charge in [0.05, 0.1) is 25.8 Å². The molecule has 0 saturated carbocycles. The number of methoxy groups -OCH3 is 1. The third kappa shape index (κ3) is 6.14. The van der Waals surface area contributed by atoms with Crippen molar-refractivity contribution >= 4 is 5.91 Å². The quantitative estimate of drug-likeness (QED) is 0.702. The summed E-state index contributed by atoms with van der Waals surface area (Å²) < 4.78 is 5.00. The number of nitrogens with one attached hydrogen (secondary N) is 1. The van der Waals surface area contributed by atoms with Gasteiger partial charge in [-0.3, -0.25) is 9.69 Å². The second-order valence-electron chi connectivity index (χ2n) is 4.69. The third-order valence-electron chi connectivity index (χ3n) is 3.07. The number of aliphatic hydroxyl groups is 1. The summed E-state index contributed by atoms with van der Waals surface area (Å²) in [7, 11) is 1.62. The van der Waals surface area contributed by atoms with Gasteiger partial charge in [0.25, 0.3) is 0 Å². The van der Waals surface area contributed by atoms with E-state index in [1.807, 2.05) is 42.2 Å². The smallest absolute Gasteiger partial charge is 0.234 e. The molecule has 20 heavy (non-hydrogen) atoms. The van der Waals surface area contributed by atoms with E-state index in [1.165, 1.54) is 0 Å². The predicted octanol–water partition coefficient (Wildman–Crippen LogP) is 0.805. The zero-order valence-electron chi connectivity index (χ0n) is 12.2. The number of hydrogen-bond acceptors (Lipinski definition) is 4. The minimum Gasteiger partial charge on any atom is -0.395 e. The summed E-state index contributed by atoms with van der Waals surface area (Å²) in [5, 5.41) is 12.0. The molecule has 2 N–H and O–H groups in total. The molecule has 5 heteroatoms. The van der Waals surface area contributed by atoms with E-state index in [1.54, 1.807) is 7.11 Å². The van der Waals surface area contributed by atoms with Crippen LogP contribution < -0.4 is 5.32 Å². The molecule has 0 saturated heterocycles. The molecule has 0 heterocycles. The van der Waals surface area contributed by atoms with E-state index >= 15 is 0 Å². The summed E-state index contributed by atoms with van der Waals surface area (Å²) in [6.45, 7) is 3.90. The van der Waals surface area contributed by atoms with Crippen molar-refractivity contribution in [2.24, 2.45) is 0 Å². The Hall–Kier alpha value is -1.43. The van der Waals surface area contributed by atoms with Crippen molar-refractivity contribution in [3.63, 3.8) is 0 Å². The third-order valence-corrected chi connectivity index (χ3v) is 3.07. The van der Waals surface area contributed by atoms with Gasteiger partial charge < -0.3 is 15.2 Å². The number of carbonyl (C=O) groups excluding carboxylic acids is 1. The van der Waals surface area contributed by atoms with Crippen molar-refractivity contribution in [1.82, 2.24) is 10.2 Å². The van der Waals surface area contributed by atoms with E-state index < -0.39 is 0 Å².